The van der Waals surface area contributed by atoms with Crippen LogP contribution in [0.5, 0.6) is 0 Å². The van der Waals surface area contributed by atoms with Gasteiger partial charge in [0.1, 0.15) is 0 Å². The van der Waals surface area contributed by atoms with E-state index in [2.05, 4.69) is 10.6 Å². The number of hydrogen-bond acceptors (Lipinski definition) is 2. The zero-order valence-electron chi connectivity index (χ0n) is 10.3. The number of nitrogens with zero attached hydrogens (tertiary/aromatic N) is 1. The topological polar surface area (TPSA) is 61.4 Å². The van der Waals surface area contributed by atoms with E-state index in [0.717, 1.165) is 5.56 Å². The lowest BCUT2D eigenvalue weighted by atomic mass is 10.2. The van der Waals surface area contributed by atoms with Crippen LogP contribution < -0.4 is 10.6 Å². The highest BCUT2D eigenvalue weighted by Crippen LogP contribution is 2.08. The molecule has 0 fully saturated rings. The van der Waals surface area contributed by atoms with Crippen LogP contribution in [0.3, 0.4) is 0 Å². The second-order valence-electron chi connectivity index (χ2n) is 3.97. The Balaban J connectivity index is 2.43. The zero-order valence-corrected chi connectivity index (χ0v) is 10.3. The van der Waals surface area contributed by atoms with Crippen molar-refractivity contribution >= 4 is 17.6 Å². The Morgan fingerprint density at radius 2 is 2.00 bits per heavy atom. The van der Waals surface area contributed by atoms with Crippen LogP contribution in [0.15, 0.2) is 24.3 Å². The smallest absolute Gasteiger partial charge is 0.319 e. The van der Waals surface area contributed by atoms with Crippen molar-refractivity contribution in [3.05, 3.63) is 29.8 Å². The van der Waals surface area contributed by atoms with E-state index >= 15 is 0 Å². The van der Waals surface area contributed by atoms with E-state index in [1.807, 2.05) is 25.1 Å². The molecule has 0 aliphatic carbocycles. The molecule has 0 aliphatic heterocycles. The number of likely N-dealkylation sites (N-methyl/N-ethyl adjacent to an activating group) is 1. The second-order valence-corrected chi connectivity index (χ2v) is 3.97. The van der Waals surface area contributed by atoms with E-state index in [-0.39, 0.29) is 18.5 Å². The molecule has 5 nitrogen and oxygen atoms in total. The number of carbonyl (C=O) groups is 2. The molecule has 0 heterocycles. The van der Waals surface area contributed by atoms with Gasteiger partial charge in [-0.25, -0.2) is 4.79 Å². The van der Waals surface area contributed by atoms with E-state index < -0.39 is 0 Å². The molecule has 5 heteroatoms. The number of nitrogens with one attached hydrogen (secondary N) is 2. The van der Waals surface area contributed by atoms with Crippen molar-refractivity contribution < 1.29 is 9.59 Å². The van der Waals surface area contributed by atoms with E-state index in [1.165, 1.54) is 4.90 Å². The summed E-state index contributed by atoms with van der Waals surface area (Å²) < 4.78 is 0. The standard InChI is InChI=1S/C12H17N3O2/c1-9-5-4-6-10(7-9)14-12(17)13-8-11(16)15(2)3/h4-7H,8H2,1-3H3,(H2,13,14,17). The van der Waals surface area contributed by atoms with Crippen molar-refractivity contribution in [2.24, 2.45) is 0 Å². The van der Waals surface area contributed by atoms with E-state index in [9.17, 15) is 9.59 Å². The van der Waals surface area contributed by atoms with Gasteiger partial charge in [-0.15, -0.1) is 0 Å². The average molecular weight is 235 g/mol. The SMILES string of the molecule is Cc1cccc(NC(=O)NCC(=O)N(C)C)c1. The predicted octanol–water partition coefficient (Wildman–Crippen LogP) is 1.20. The van der Waals surface area contributed by atoms with Gasteiger partial charge in [0.15, 0.2) is 0 Å². The number of aryl methyl sites for hydroxylation is 1. The van der Waals surface area contributed by atoms with Crippen LogP contribution in [0.2, 0.25) is 0 Å². The molecule has 0 radical (unpaired) electrons. The van der Waals surface area contributed by atoms with E-state index in [1.54, 1.807) is 20.2 Å². The molecule has 0 saturated carbocycles. The number of hydrogen-bond donors (Lipinski definition) is 2. The molecule has 2 N–H and O–H groups in total. The molecule has 0 unspecified atom stereocenters. The van der Waals surface area contributed by atoms with Crippen molar-refractivity contribution in [3.63, 3.8) is 0 Å². The molecule has 17 heavy (non-hydrogen) atoms. The van der Waals surface area contributed by atoms with Crippen LogP contribution in [0.25, 0.3) is 0 Å². The Morgan fingerprint density at radius 3 is 2.59 bits per heavy atom. The molecular formula is C12H17N3O2. The first-order valence-electron chi connectivity index (χ1n) is 5.30. The van der Waals surface area contributed by atoms with E-state index in [0.29, 0.717) is 5.69 Å². The monoisotopic (exact) mass is 235 g/mol. The van der Waals surface area contributed by atoms with Crippen LogP contribution in [0, 0.1) is 6.92 Å². The van der Waals surface area contributed by atoms with Crippen molar-refractivity contribution in [1.29, 1.82) is 0 Å². The van der Waals surface area contributed by atoms with Gasteiger partial charge < -0.3 is 15.5 Å². The fourth-order valence-electron chi connectivity index (χ4n) is 1.21. The summed E-state index contributed by atoms with van der Waals surface area (Å²) in [6.45, 7) is 1.93. The minimum atomic E-state index is -0.384. The molecule has 0 aromatic heterocycles. The lowest BCUT2D eigenvalue weighted by molar-refractivity contribution is -0.127. The van der Waals surface area contributed by atoms with Crippen molar-refractivity contribution in [2.75, 3.05) is 26.0 Å². The lowest BCUT2D eigenvalue weighted by Crippen LogP contribution is -2.38. The molecule has 0 saturated heterocycles. The molecule has 0 atom stereocenters. The van der Waals surface area contributed by atoms with Gasteiger partial charge in [0.25, 0.3) is 0 Å². The zero-order chi connectivity index (χ0) is 12.8. The molecule has 0 spiro atoms. The minimum absolute atomic E-state index is 0.00928. The Labute approximate surface area is 101 Å². The van der Waals surface area contributed by atoms with Gasteiger partial charge in [-0.05, 0) is 24.6 Å². The third-order valence-electron chi connectivity index (χ3n) is 2.17. The second kappa shape index (κ2) is 5.89. The van der Waals surface area contributed by atoms with Crippen molar-refractivity contribution in [1.82, 2.24) is 10.2 Å². The van der Waals surface area contributed by atoms with Gasteiger partial charge in [0.05, 0.1) is 6.54 Å². The third-order valence-corrected chi connectivity index (χ3v) is 2.17. The normalized spacial score (nSPS) is 9.59. The number of rotatable bonds is 3. The summed E-state index contributed by atoms with van der Waals surface area (Å²) in [4.78, 5) is 24.1. The summed E-state index contributed by atoms with van der Waals surface area (Å²) in [6.07, 6.45) is 0. The van der Waals surface area contributed by atoms with Crippen LogP contribution in [-0.2, 0) is 4.79 Å². The maximum absolute atomic E-state index is 11.5. The number of anilines is 1. The first-order chi connectivity index (χ1) is 7.99. The minimum Gasteiger partial charge on any atom is -0.347 e. The molecule has 92 valence electrons. The molecular weight excluding hydrogens is 218 g/mol. The van der Waals surface area contributed by atoms with Crippen molar-refractivity contribution in [2.45, 2.75) is 6.92 Å². The van der Waals surface area contributed by atoms with Crippen LogP contribution in [0.1, 0.15) is 5.56 Å². The van der Waals surface area contributed by atoms with Crippen LogP contribution >= 0.6 is 0 Å². The summed E-state index contributed by atoms with van der Waals surface area (Å²) in [6, 6.07) is 7.06. The predicted molar refractivity (Wildman–Crippen MR) is 66.9 cm³/mol. The number of urea groups is 1. The maximum atomic E-state index is 11.5. The van der Waals surface area contributed by atoms with Crippen LogP contribution in [-0.4, -0.2) is 37.5 Å². The van der Waals surface area contributed by atoms with Crippen LogP contribution in [0.4, 0.5) is 10.5 Å². The summed E-state index contributed by atoms with van der Waals surface area (Å²) >= 11 is 0. The summed E-state index contributed by atoms with van der Waals surface area (Å²) in [5.41, 5.74) is 1.77. The van der Waals surface area contributed by atoms with E-state index in [4.69, 9.17) is 0 Å². The fourth-order valence-corrected chi connectivity index (χ4v) is 1.21. The third kappa shape index (κ3) is 4.55. The highest BCUT2D eigenvalue weighted by Gasteiger charge is 2.06. The molecule has 1 aromatic rings. The first-order valence-corrected chi connectivity index (χ1v) is 5.30. The summed E-state index contributed by atoms with van der Waals surface area (Å²) in [7, 11) is 3.28. The maximum Gasteiger partial charge on any atom is 0.319 e. The van der Waals surface area contributed by atoms with Gasteiger partial charge in [0.2, 0.25) is 5.91 Å². The highest BCUT2D eigenvalue weighted by molar-refractivity contribution is 5.92. The Morgan fingerprint density at radius 1 is 1.29 bits per heavy atom. The number of amides is 3. The quantitative estimate of drug-likeness (QED) is 0.827. The molecule has 1 rings (SSSR count). The van der Waals surface area contributed by atoms with Crippen molar-refractivity contribution in [3.8, 4) is 0 Å². The lowest BCUT2D eigenvalue weighted by Gasteiger charge is -2.11. The average Bonchev–Trinajstić information content (AvgIpc) is 2.25. The van der Waals surface area contributed by atoms with Gasteiger partial charge in [-0.2, -0.15) is 0 Å². The van der Waals surface area contributed by atoms with Gasteiger partial charge in [-0.3, -0.25) is 4.79 Å². The highest BCUT2D eigenvalue weighted by atomic mass is 16.2. The molecule has 3 amide bonds. The first kappa shape index (κ1) is 13.0. The molecule has 0 aliphatic rings. The Hall–Kier alpha value is -2.04. The molecule has 1 aromatic carbocycles. The van der Waals surface area contributed by atoms with Gasteiger partial charge in [-0.1, -0.05) is 12.1 Å². The molecule has 0 bridgehead atoms. The van der Waals surface area contributed by atoms with Gasteiger partial charge >= 0.3 is 6.03 Å². The number of benzene rings is 1. The largest absolute Gasteiger partial charge is 0.347 e. The fraction of sp³-hybridized carbons (Fsp3) is 0.333. The Bertz CT molecular complexity index is 416. The summed E-state index contributed by atoms with van der Waals surface area (Å²) in [5, 5.41) is 5.15. The van der Waals surface area contributed by atoms with Gasteiger partial charge in [0, 0.05) is 19.8 Å². The Kier molecular flexibility index (Phi) is 4.51. The number of carbonyl (C=O) groups excluding carboxylic acids is 2. The summed E-state index contributed by atoms with van der Waals surface area (Å²) in [5.74, 6) is -0.149.